The normalized spacial score (nSPS) is 17.4. The maximum atomic E-state index is 13.8. The number of hydrogen-bond donors (Lipinski definition) is 1. The van der Waals surface area contributed by atoms with Gasteiger partial charge >= 0.3 is 171 Å². The average molecular weight is 805 g/mol. The molecule has 0 saturated carbocycles. The molecule has 0 amide bonds. The molecule has 0 aromatic carbocycles. The van der Waals surface area contributed by atoms with Crippen molar-refractivity contribution in [3.63, 3.8) is 0 Å². The molecule has 0 aromatic heterocycles. The van der Waals surface area contributed by atoms with Crippen molar-refractivity contribution >= 4 is 21.3 Å². The fourth-order valence-electron chi connectivity index (χ4n) is 7.27. The molecule has 0 aliphatic heterocycles. The van der Waals surface area contributed by atoms with Gasteiger partial charge in [-0.3, -0.25) is 0 Å². The van der Waals surface area contributed by atoms with Crippen LogP contribution in [0.2, 0.25) is 22.3 Å². The topological polar surface area (TPSA) is 47.6 Å². The molecule has 1 N–H and O–H groups in total. The molecule has 0 aromatic rings. The van der Waals surface area contributed by atoms with E-state index >= 15 is 0 Å². The van der Waals surface area contributed by atoms with Gasteiger partial charge in [0.25, 0.3) is 0 Å². The summed E-state index contributed by atoms with van der Waals surface area (Å²) in [5.74, 6) is 6.22. The maximum absolute atomic E-state index is 13.8. The summed E-state index contributed by atoms with van der Waals surface area (Å²) >= 11 is -1.58. The smallest absolute Gasteiger partial charge is 0.0628 e. The van der Waals surface area contributed by atoms with Crippen LogP contribution < -0.4 is 5.09 Å². The van der Waals surface area contributed by atoms with Crippen LogP contribution in [-0.4, -0.2) is 33.3 Å². The summed E-state index contributed by atoms with van der Waals surface area (Å²) in [7, 11) is -3.29. The first-order chi connectivity index (χ1) is 23.9. The van der Waals surface area contributed by atoms with Gasteiger partial charge in [-0.15, -0.1) is 0 Å². The molecule has 0 rings (SSSR count). The molecule has 51 heavy (non-hydrogen) atoms. The van der Waals surface area contributed by atoms with Crippen LogP contribution in [0.5, 0.6) is 0 Å². The van der Waals surface area contributed by atoms with E-state index in [0.717, 1.165) is 60.1 Å². The van der Waals surface area contributed by atoms with Crippen molar-refractivity contribution in [1.82, 2.24) is 5.09 Å². The Morgan fingerprint density at radius 3 is 0.941 bits per heavy atom. The molecule has 6 unspecified atom stereocenters. The molecule has 308 valence electrons. The Morgan fingerprint density at radius 1 is 0.431 bits per heavy atom. The van der Waals surface area contributed by atoms with Crippen molar-refractivity contribution in [3.05, 3.63) is 0 Å². The Kier molecular flexibility index (Phi) is 31.2. The molecular weight excluding hydrogens is 708 g/mol. The van der Waals surface area contributed by atoms with Gasteiger partial charge in [0.15, 0.2) is 0 Å². The van der Waals surface area contributed by atoms with Gasteiger partial charge in [-0.25, -0.2) is 0 Å². The monoisotopic (exact) mass is 805 g/mol. The third kappa shape index (κ3) is 34.9. The zero-order chi connectivity index (χ0) is 38.7. The van der Waals surface area contributed by atoms with Gasteiger partial charge in [-0.1, -0.05) is 132 Å². The molecular formula is C45H96AsNO3P+. The first-order valence-electron chi connectivity index (χ1n) is 22.3. The quantitative estimate of drug-likeness (QED) is 0.0506. The van der Waals surface area contributed by atoms with Gasteiger partial charge in [0.1, 0.15) is 0 Å². The second kappa shape index (κ2) is 30.8. The van der Waals surface area contributed by atoms with Gasteiger partial charge in [-0.05, 0) is 23.7 Å². The number of hydrogen-bond acceptors (Lipinski definition) is 3. The van der Waals surface area contributed by atoms with Crippen molar-refractivity contribution in [3.8, 4) is 0 Å². The summed E-state index contributed by atoms with van der Waals surface area (Å²) < 4.78 is 26.0. The molecule has 0 radical (unpaired) electrons. The van der Waals surface area contributed by atoms with Crippen LogP contribution >= 0.6 is 7.75 Å². The molecule has 0 spiro atoms. The summed E-state index contributed by atoms with van der Waals surface area (Å²) in [5.41, 5.74) is 7.17. The molecule has 6 heteroatoms. The summed E-state index contributed by atoms with van der Waals surface area (Å²) in [6.07, 6.45) is 26.2. The summed E-state index contributed by atoms with van der Waals surface area (Å²) in [5, 5.41) is 4.36. The van der Waals surface area contributed by atoms with Gasteiger partial charge < -0.3 is 0 Å². The summed E-state index contributed by atoms with van der Waals surface area (Å²) in [6, 6.07) is 0. The number of rotatable bonds is 36. The number of nitrogens with one attached hydrogen (secondary N) is 1. The standard InChI is InChI=1S/C45H96AsNO3P/c1-38(2)20-14-22-40(5)24-16-26-42(7)28-18-30-44(9)32-36-49-51(48,47-35-34-46(11,12)13)50-37-33-45(10)31-19-29-43(8)27-17-25-41(6)23-15-21-39(3)4/h38-45H,14-37H2,1-13H3,(H,47,48)/q+1. The van der Waals surface area contributed by atoms with Crippen LogP contribution in [0, 0.1) is 47.3 Å². The predicted octanol–water partition coefficient (Wildman–Crippen LogP) is 16.0. The van der Waals surface area contributed by atoms with Crippen LogP contribution in [0.3, 0.4) is 0 Å². The Hall–Kier alpha value is 0.668. The first kappa shape index (κ1) is 51.7. The van der Waals surface area contributed by atoms with Crippen molar-refractivity contribution in [2.45, 2.75) is 220 Å². The van der Waals surface area contributed by atoms with Crippen LogP contribution in [0.25, 0.3) is 0 Å². The minimum atomic E-state index is -3.29. The van der Waals surface area contributed by atoms with Crippen LogP contribution in [-0.2, 0) is 13.6 Å². The zero-order valence-corrected chi connectivity index (χ0v) is 40.0. The Bertz CT molecular complexity index is 777. The fourth-order valence-corrected chi connectivity index (χ4v) is 10.6. The van der Waals surface area contributed by atoms with Crippen molar-refractivity contribution < 1.29 is 13.6 Å². The Balaban J connectivity index is 4.39. The van der Waals surface area contributed by atoms with E-state index < -0.39 is 21.3 Å². The van der Waals surface area contributed by atoms with E-state index in [-0.39, 0.29) is 0 Å². The molecule has 0 fully saturated rings. The van der Waals surface area contributed by atoms with Gasteiger partial charge in [0, 0.05) is 0 Å². The molecule has 4 nitrogen and oxygen atoms in total. The molecule has 0 aliphatic rings. The van der Waals surface area contributed by atoms with Gasteiger partial charge in [-0.2, -0.15) is 0 Å². The SMILES string of the molecule is CC(C)CCCC(C)CCCC(C)CCCC(C)CCOP(=O)(NCC[As+](C)(C)C)OCCC(C)CCCC(C)CCCC(C)CCCC(C)C. The van der Waals surface area contributed by atoms with E-state index in [9.17, 15) is 4.57 Å². The zero-order valence-electron chi connectivity index (χ0n) is 37.2. The van der Waals surface area contributed by atoms with Crippen LogP contribution in [0.1, 0.15) is 198 Å². The minimum absolute atomic E-state index is 0.509. The van der Waals surface area contributed by atoms with Crippen LogP contribution in [0.4, 0.5) is 0 Å². The van der Waals surface area contributed by atoms with E-state index in [1.807, 2.05) is 0 Å². The van der Waals surface area contributed by atoms with E-state index in [2.05, 4.69) is 91.5 Å². The summed E-state index contributed by atoms with van der Waals surface area (Å²) in [6.45, 7) is 25.5. The van der Waals surface area contributed by atoms with E-state index in [0.29, 0.717) is 25.0 Å². The van der Waals surface area contributed by atoms with E-state index in [1.165, 1.54) is 116 Å². The predicted molar refractivity (Wildman–Crippen MR) is 233 cm³/mol. The van der Waals surface area contributed by atoms with Gasteiger partial charge in [0.2, 0.25) is 0 Å². The van der Waals surface area contributed by atoms with Crippen molar-refractivity contribution in [2.75, 3.05) is 19.8 Å². The van der Waals surface area contributed by atoms with Crippen molar-refractivity contribution in [1.29, 1.82) is 0 Å². The third-order valence-electron chi connectivity index (χ3n) is 11.4. The first-order valence-corrected chi connectivity index (χ1v) is 30.8. The molecule has 6 atom stereocenters. The third-order valence-corrected chi connectivity index (χ3v) is 16.3. The van der Waals surface area contributed by atoms with E-state index in [4.69, 9.17) is 9.05 Å². The Labute approximate surface area is 325 Å². The molecule has 0 aliphatic carbocycles. The molecule has 0 saturated heterocycles. The van der Waals surface area contributed by atoms with Crippen LogP contribution in [0.15, 0.2) is 0 Å². The Morgan fingerprint density at radius 2 is 0.686 bits per heavy atom. The fraction of sp³-hybridized carbons (Fsp3) is 1.00. The molecule has 0 heterocycles. The second-order valence-corrected chi connectivity index (χ2v) is 32.0. The second-order valence-electron chi connectivity index (χ2n) is 19.7. The van der Waals surface area contributed by atoms with Crippen molar-refractivity contribution in [2.24, 2.45) is 47.3 Å². The minimum Gasteiger partial charge on any atom is -0.0628 e. The molecule has 0 bridgehead atoms. The average Bonchev–Trinajstić information content (AvgIpc) is 3.00. The van der Waals surface area contributed by atoms with Gasteiger partial charge in [0.05, 0.1) is 0 Å². The summed E-state index contributed by atoms with van der Waals surface area (Å²) in [4.78, 5) is 0. The van der Waals surface area contributed by atoms with E-state index in [1.54, 1.807) is 0 Å².